The van der Waals surface area contributed by atoms with Gasteiger partial charge in [0.25, 0.3) is 0 Å². The lowest BCUT2D eigenvalue weighted by Crippen LogP contribution is -2.36. The minimum absolute atomic E-state index is 0.137. The van der Waals surface area contributed by atoms with E-state index >= 15 is 0 Å². The van der Waals surface area contributed by atoms with E-state index in [1.54, 1.807) is 7.05 Å². The number of ether oxygens (including phenoxy) is 2. The first kappa shape index (κ1) is 22.1. The van der Waals surface area contributed by atoms with Gasteiger partial charge in [0.05, 0.1) is 13.2 Å². The number of benzene rings is 2. The molecule has 0 saturated carbocycles. The molecule has 2 aromatic rings. The molecule has 1 aliphatic rings. The largest absolute Gasteiger partial charge is 0.488 e. The van der Waals surface area contributed by atoms with Gasteiger partial charge in [-0.05, 0) is 43.8 Å². The molecule has 1 unspecified atom stereocenters. The molecule has 1 heterocycles. The van der Waals surface area contributed by atoms with E-state index in [1.165, 1.54) is 16.7 Å². The molecule has 30 heavy (non-hydrogen) atoms. The first-order valence-corrected chi connectivity index (χ1v) is 10.5. The Bertz CT molecular complexity index is 845. The normalized spacial score (nSPS) is 16.7. The second-order valence-electron chi connectivity index (χ2n) is 8.05. The molecule has 0 bridgehead atoms. The van der Waals surface area contributed by atoms with Crippen molar-refractivity contribution in [2.24, 2.45) is 4.99 Å². The minimum atomic E-state index is 0.137. The van der Waals surface area contributed by atoms with Crippen molar-refractivity contribution in [2.75, 3.05) is 34.4 Å². The van der Waals surface area contributed by atoms with Crippen molar-refractivity contribution in [1.82, 2.24) is 15.5 Å². The third-order valence-corrected chi connectivity index (χ3v) is 5.02. The molecule has 6 heteroatoms. The second kappa shape index (κ2) is 11.0. The fourth-order valence-corrected chi connectivity index (χ4v) is 3.49. The standard InChI is InChI=1S/C24H34N4O2/c1-18-8-9-21(23(12-18)30-22-10-11-29-17-22)15-27-24(25-2)26-14-19-6-5-7-20(13-19)16-28(3)4/h5-9,12-13,22H,10-11,14-17H2,1-4H3,(H2,25,26,27). The van der Waals surface area contributed by atoms with Gasteiger partial charge in [0.15, 0.2) is 5.96 Å². The maximum atomic E-state index is 6.20. The second-order valence-corrected chi connectivity index (χ2v) is 8.05. The molecule has 0 aromatic heterocycles. The van der Waals surface area contributed by atoms with E-state index < -0.39 is 0 Å². The molecule has 0 radical (unpaired) electrons. The Kier molecular flexibility index (Phi) is 8.11. The van der Waals surface area contributed by atoms with Gasteiger partial charge in [-0.25, -0.2) is 0 Å². The maximum absolute atomic E-state index is 6.20. The molecule has 1 fully saturated rings. The number of guanidine groups is 1. The highest BCUT2D eigenvalue weighted by molar-refractivity contribution is 5.79. The van der Waals surface area contributed by atoms with E-state index in [0.29, 0.717) is 13.2 Å². The van der Waals surface area contributed by atoms with Crippen molar-refractivity contribution in [2.45, 2.75) is 39.1 Å². The van der Waals surface area contributed by atoms with Gasteiger partial charge in [-0.3, -0.25) is 4.99 Å². The molecule has 1 atom stereocenters. The summed E-state index contributed by atoms with van der Waals surface area (Å²) >= 11 is 0. The Morgan fingerprint density at radius 1 is 1.13 bits per heavy atom. The van der Waals surface area contributed by atoms with Gasteiger partial charge in [0, 0.05) is 38.7 Å². The summed E-state index contributed by atoms with van der Waals surface area (Å²) in [5.41, 5.74) is 4.84. The quantitative estimate of drug-likeness (QED) is 0.517. The SMILES string of the molecule is CN=C(NCc1cccc(CN(C)C)c1)NCc1ccc(C)cc1OC1CCOC1. The van der Waals surface area contributed by atoms with Crippen LogP contribution in [0.5, 0.6) is 5.75 Å². The van der Waals surface area contributed by atoms with Crippen LogP contribution in [0.25, 0.3) is 0 Å². The van der Waals surface area contributed by atoms with E-state index in [2.05, 4.69) is 84.0 Å². The minimum Gasteiger partial charge on any atom is -0.488 e. The van der Waals surface area contributed by atoms with E-state index in [-0.39, 0.29) is 6.10 Å². The average molecular weight is 411 g/mol. The van der Waals surface area contributed by atoms with Gasteiger partial charge in [-0.15, -0.1) is 0 Å². The van der Waals surface area contributed by atoms with E-state index in [4.69, 9.17) is 9.47 Å². The molecule has 1 aliphatic heterocycles. The molecular formula is C24H34N4O2. The van der Waals surface area contributed by atoms with Gasteiger partial charge in [0.2, 0.25) is 0 Å². The number of nitrogens with one attached hydrogen (secondary N) is 2. The molecule has 3 rings (SSSR count). The number of aryl methyl sites for hydroxylation is 1. The van der Waals surface area contributed by atoms with Crippen LogP contribution in [0, 0.1) is 6.92 Å². The van der Waals surface area contributed by atoms with Gasteiger partial charge in [-0.2, -0.15) is 0 Å². The highest BCUT2D eigenvalue weighted by Crippen LogP contribution is 2.23. The van der Waals surface area contributed by atoms with Gasteiger partial charge in [0.1, 0.15) is 11.9 Å². The van der Waals surface area contributed by atoms with Crippen LogP contribution >= 0.6 is 0 Å². The van der Waals surface area contributed by atoms with Crippen molar-refractivity contribution >= 4 is 5.96 Å². The maximum Gasteiger partial charge on any atom is 0.191 e. The number of hydrogen-bond donors (Lipinski definition) is 2. The summed E-state index contributed by atoms with van der Waals surface area (Å²) < 4.78 is 11.6. The molecule has 162 valence electrons. The summed E-state index contributed by atoms with van der Waals surface area (Å²) in [6.45, 7) is 5.82. The predicted octanol–water partition coefficient (Wildman–Crippen LogP) is 3.09. The topological polar surface area (TPSA) is 58.1 Å². The highest BCUT2D eigenvalue weighted by Gasteiger charge is 2.18. The number of aliphatic imine (C=N–C) groups is 1. The van der Waals surface area contributed by atoms with Crippen LogP contribution in [0.3, 0.4) is 0 Å². The Labute approximate surface area is 180 Å². The fourth-order valence-electron chi connectivity index (χ4n) is 3.49. The zero-order valence-corrected chi connectivity index (χ0v) is 18.6. The molecule has 0 aliphatic carbocycles. The lowest BCUT2D eigenvalue weighted by atomic mass is 10.1. The molecule has 0 amide bonds. The van der Waals surface area contributed by atoms with Crippen molar-refractivity contribution < 1.29 is 9.47 Å². The van der Waals surface area contributed by atoms with Crippen molar-refractivity contribution in [3.8, 4) is 5.75 Å². The Balaban J connectivity index is 1.57. The van der Waals surface area contributed by atoms with Crippen LogP contribution in [0.15, 0.2) is 47.5 Å². The third-order valence-electron chi connectivity index (χ3n) is 5.02. The highest BCUT2D eigenvalue weighted by atomic mass is 16.5. The van der Waals surface area contributed by atoms with E-state index in [0.717, 1.165) is 43.4 Å². The van der Waals surface area contributed by atoms with Crippen LogP contribution in [0.1, 0.15) is 28.7 Å². The van der Waals surface area contributed by atoms with Crippen LogP contribution < -0.4 is 15.4 Å². The van der Waals surface area contributed by atoms with Crippen LogP contribution in [0.2, 0.25) is 0 Å². The van der Waals surface area contributed by atoms with E-state index in [9.17, 15) is 0 Å². The number of hydrogen-bond acceptors (Lipinski definition) is 4. The molecule has 0 spiro atoms. The lowest BCUT2D eigenvalue weighted by Gasteiger charge is -2.18. The zero-order valence-electron chi connectivity index (χ0n) is 18.6. The molecule has 6 nitrogen and oxygen atoms in total. The van der Waals surface area contributed by atoms with Crippen molar-refractivity contribution in [3.63, 3.8) is 0 Å². The summed E-state index contributed by atoms with van der Waals surface area (Å²) in [7, 11) is 5.96. The summed E-state index contributed by atoms with van der Waals surface area (Å²) in [6.07, 6.45) is 1.08. The predicted molar refractivity (Wildman–Crippen MR) is 122 cm³/mol. The fraction of sp³-hybridized carbons (Fsp3) is 0.458. The number of rotatable bonds is 8. The molecule has 1 saturated heterocycles. The molecule has 2 aromatic carbocycles. The first-order chi connectivity index (χ1) is 14.5. The van der Waals surface area contributed by atoms with Gasteiger partial charge >= 0.3 is 0 Å². The van der Waals surface area contributed by atoms with Crippen molar-refractivity contribution in [3.05, 3.63) is 64.7 Å². The van der Waals surface area contributed by atoms with Crippen LogP contribution in [-0.4, -0.2) is 51.3 Å². The zero-order chi connectivity index (χ0) is 21.3. The number of nitrogens with zero attached hydrogens (tertiary/aromatic N) is 2. The van der Waals surface area contributed by atoms with E-state index in [1.807, 2.05) is 0 Å². The third kappa shape index (κ3) is 6.75. The molecular weight excluding hydrogens is 376 g/mol. The van der Waals surface area contributed by atoms with Crippen LogP contribution in [-0.2, 0) is 24.4 Å². The summed E-state index contributed by atoms with van der Waals surface area (Å²) in [5.74, 6) is 1.69. The van der Waals surface area contributed by atoms with Crippen LogP contribution in [0.4, 0.5) is 0 Å². The first-order valence-electron chi connectivity index (χ1n) is 10.5. The monoisotopic (exact) mass is 410 g/mol. The average Bonchev–Trinajstić information content (AvgIpc) is 3.22. The summed E-state index contributed by atoms with van der Waals surface area (Å²) in [5, 5.41) is 6.81. The van der Waals surface area contributed by atoms with Crippen molar-refractivity contribution in [1.29, 1.82) is 0 Å². The summed E-state index contributed by atoms with van der Waals surface area (Å²) in [4.78, 5) is 6.54. The van der Waals surface area contributed by atoms with Gasteiger partial charge < -0.3 is 25.0 Å². The smallest absolute Gasteiger partial charge is 0.191 e. The molecule has 2 N–H and O–H groups in total. The van der Waals surface area contributed by atoms with Gasteiger partial charge in [-0.1, -0.05) is 36.4 Å². The lowest BCUT2D eigenvalue weighted by molar-refractivity contribution is 0.140. The Morgan fingerprint density at radius 2 is 1.93 bits per heavy atom. The summed E-state index contributed by atoms with van der Waals surface area (Å²) in [6, 6.07) is 15.0. The Hall–Kier alpha value is -2.57. The Morgan fingerprint density at radius 3 is 2.67 bits per heavy atom.